The molecular weight excluding hydrogens is 565 g/mol. The van der Waals surface area contributed by atoms with Gasteiger partial charge in [-0.15, -0.1) is 18.3 Å². The van der Waals surface area contributed by atoms with Gasteiger partial charge in [-0.1, -0.05) is 47.6 Å². The number of benzene rings is 3. The van der Waals surface area contributed by atoms with Gasteiger partial charge in [0.05, 0.1) is 23.7 Å². The molecule has 1 N–H and O–H groups in total. The number of hydrogen-bond acceptors (Lipinski definition) is 7. The summed E-state index contributed by atoms with van der Waals surface area (Å²) in [6.07, 6.45) is -3.27. The summed E-state index contributed by atoms with van der Waals surface area (Å²) in [5, 5.41) is 10.1. The maximum Gasteiger partial charge on any atom is 0.573 e. The van der Waals surface area contributed by atoms with Crippen LogP contribution in [0, 0.1) is 13.8 Å². The maximum absolute atomic E-state index is 12.6. The number of amides is 1. The Balaban J connectivity index is 1.23. The van der Waals surface area contributed by atoms with E-state index in [9.17, 15) is 18.0 Å². The van der Waals surface area contributed by atoms with Crippen molar-refractivity contribution in [3.63, 3.8) is 0 Å². The van der Waals surface area contributed by atoms with E-state index in [1.54, 1.807) is 4.90 Å². The Bertz CT molecular complexity index is 1550. The van der Waals surface area contributed by atoms with Gasteiger partial charge in [-0.25, -0.2) is 9.67 Å². The molecule has 0 atom stereocenters. The van der Waals surface area contributed by atoms with Gasteiger partial charge in [0, 0.05) is 10.6 Å². The third-order valence-corrected chi connectivity index (χ3v) is 7.08. The molecule has 1 fully saturated rings. The van der Waals surface area contributed by atoms with Gasteiger partial charge in [0.25, 0.3) is 0 Å². The highest BCUT2D eigenvalue weighted by atomic mass is 35.5. The van der Waals surface area contributed by atoms with Crippen LogP contribution in [0.15, 0.2) is 72.1 Å². The highest BCUT2D eigenvalue weighted by Crippen LogP contribution is 2.34. The van der Waals surface area contributed by atoms with E-state index in [-0.39, 0.29) is 11.7 Å². The van der Waals surface area contributed by atoms with Crippen LogP contribution in [0.25, 0.3) is 17.1 Å². The van der Waals surface area contributed by atoms with Crippen LogP contribution in [0.1, 0.15) is 16.7 Å². The fourth-order valence-corrected chi connectivity index (χ4v) is 5.37. The van der Waals surface area contributed by atoms with E-state index in [2.05, 4.69) is 25.3 Å². The van der Waals surface area contributed by atoms with Crippen LogP contribution in [0.4, 0.5) is 18.9 Å². The number of aryl methyl sites for hydroxylation is 2. The molecule has 8 nitrogen and oxygen atoms in total. The molecule has 1 amide bonds. The highest BCUT2D eigenvalue weighted by Gasteiger charge is 2.32. The molecule has 2 heterocycles. The molecule has 40 heavy (non-hydrogen) atoms. The average molecular weight is 587 g/mol. The Morgan fingerprint density at radius 3 is 2.40 bits per heavy atom. The van der Waals surface area contributed by atoms with Gasteiger partial charge in [0.1, 0.15) is 12.1 Å². The molecule has 5 rings (SSSR count). The Morgan fingerprint density at radius 2 is 1.75 bits per heavy atom. The first-order chi connectivity index (χ1) is 19.1. The number of anilines is 1. The minimum absolute atomic E-state index is 0.0408. The number of carbonyl (C=O) groups excluding carboxylic acids is 1. The summed E-state index contributed by atoms with van der Waals surface area (Å²) in [6.45, 7) is 4.26. The van der Waals surface area contributed by atoms with E-state index in [0.717, 1.165) is 27.9 Å². The third-order valence-electron chi connectivity index (χ3n) is 5.94. The summed E-state index contributed by atoms with van der Waals surface area (Å²) < 4.78 is 42.5. The van der Waals surface area contributed by atoms with Crippen molar-refractivity contribution in [2.45, 2.75) is 26.8 Å². The molecule has 1 saturated heterocycles. The fourth-order valence-electron chi connectivity index (χ4n) is 4.21. The van der Waals surface area contributed by atoms with Crippen LogP contribution in [-0.4, -0.2) is 38.0 Å². The number of rotatable bonds is 7. The van der Waals surface area contributed by atoms with Gasteiger partial charge in [-0.05, 0) is 66.9 Å². The van der Waals surface area contributed by atoms with Crippen molar-refractivity contribution in [2.24, 2.45) is 5.10 Å². The van der Waals surface area contributed by atoms with Gasteiger partial charge in [-0.3, -0.25) is 9.69 Å². The van der Waals surface area contributed by atoms with Crippen molar-refractivity contribution in [1.82, 2.24) is 20.2 Å². The topological polar surface area (TPSA) is 84.6 Å². The van der Waals surface area contributed by atoms with Crippen molar-refractivity contribution < 1.29 is 22.7 Å². The number of carbonyl (C=O) groups is 1. The summed E-state index contributed by atoms with van der Waals surface area (Å²) in [5.41, 5.74) is 7.89. The van der Waals surface area contributed by atoms with Gasteiger partial charge < -0.3 is 10.2 Å². The van der Waals surface area contributed by atoms with E-state index in [1.165, 1.54) is 47.0 Å². The van der Waals surface area contributed by atoms with Crippen molar-refractivity contribution in [3.05, 3.63) is 88.7 Å². The first-order valence-corrected chi connectivity index (χ1v) is 13.3. The number of hydrazone groups is 1. The lowest BCUT2D eigenvalue weighted by molar-refractivity contribution is -0.274. The Labute approximate surface area is 236 Å². The number of alkyl halides is 3. The quantitative estimate of drug-likeness (QED) is 0.258. The number of aromatic nitrogens is 3. The second kappa shape index (κ2) is 11.2. The van der Waals surface area contributed by atoms with E-state index < -0.39 is 6.36 Å². The fraction of sp³-hybridized carbons (Fsp3) is 0.185. The van der Waals surface area contributed by atoms with Crippen LogP contribution >= 0.6 is 23.4 Å². The van der Waals surface area contributed by atoms with Crippen LogP contribution < -0.4 is 15.1 Å². The molecule has 0 radical (unpaired) electrons. The first-order valence-electron chi connectivity index (χ1n) is 12.0. The molecule has 0 unspecified atom stereocenters. The summed E-state index contributed by atoms with van der Waals surface area (Å²) in [5.74, 6) is 0.412. The number of amidine groups is 1. The molecule has 206 valence electrons. The zero-order chi connectivity index (χ0) is 28.4. The molecule has 0 saturated carbocycles. The SMILES string of the molecule is Cc1cc(Cl)cc(C)c1N1C(=O)CS/C1=N/NCc1ccc(-c2ncn(-c3ccc(OC(F)(F)F)cc3)n2)cc1. The largest absolute Gasteiger partial charge is 0.573 e. The van der Waals surface area contributed by atoms with Crippen molar-refractivity contribution in [3.8, 4) is 22.8 Å². The van der Waals surface area contributed by atoms with Gasteiger partial charge in [0.2, 0.25) is 5.91 Å². The van der Waals surface area contributed by atoms with Crippen molar-refractivity contribution in [1.29, 1.82) is 0 Å². The molecular formula is C27H22ClF3N6O2S. The summed E-state index contributed by atoms with van der Waals surface area (Å²) in [6, 6.07) is 16.6. The van der Waals surface area contributed by atoms with E-state index in [0.29, 0.717) is 34.0 Å². The molecule has 1 aliphatic heterocycles. The van der Waals surface area contributed by atoms with Crippen molar-refractivity contribution in [2.75, 3.05) is 10.7 Å². The molecule has 4 aromatic rings. The van der Waals surface area contributed by atoms with Gasteiger partial charge in [0.15, 0.2) is 11.0 Å². The van der Waals surface area contributed by atoms with Gasteiger partial charge in [-0.2, -0.15) is 5.10 Å². The lowest BCUT2D eigenvalue weighted by Crippen LogP contribution is -2.31. The summed E-state index contributed by atoms with van der Waals surface area (Å²) in [7, 11) is 0. The standard InChI is InChI=1S/C27H22ClF3N6O2S/c1-16-11-20(28)12-17(2)24(16)37-23(38)14-40-26(37)34-33-13-18-3-5-19(6-4-18)25-32-15-36(35-25)21-7-9-22(10-8-21)39-27(29,30)31/h3-12,15,33H,13-14H2,1-2H3/b34-26+. The van der Waals surface area contributed by atoms with E-state index >= 15 is 0 Å². The van der Waals surface area contributed by atoms with Crippen LogP contribution in [0.3, 0.4) is 0 Å². The number of ether oxygens (including phenoxy) is 1. The molecule has 13 heteroatoms. The zero-order valence-corrected chi connectivity index (χ0v) is 22.8. The predicted octanol–water partition coefficient (Wildman–Crippen LogP) is 6.24. The molecule has 0 bridgehead atoms. The summed E-state index contributed by atoms with van der Waals surface area (Å²) in [4.78, 5) is 18.6. The third kappa shape index (κ3) is 6.23. The summed E-state index contributed by atoms with van der Waals surface area (Å²) >= 11 is 7.53. The number of halogens is 4. The van der Waals surface area contributed by atoms with E-state index in [4.69, 9.17) is 11.6 Å². The monoisotopic (exact) mass is 586 g/mol. The number of thioether (sulfide) groups is 1. The molecule has 3 aromatic carbocycles. The van der Waals surface area contributed by atoms with Gasteiger partial charge >= 0.3 is 6.36 Å². The second-order valence-electron chi connectivity index (χ2n) is 8.89. The van der Waals surface area contributed by atoms with Crippen LogP contribution in [0.5, 0.6) is 5.75 Å². The predicted molar refractivity (Wildman–Crippen MR) is 149 cm³/mol. The number of hydrogen-bond donors (Lipinski definition) is 1. The Hall–Kier alpha value is -4.03. The average Bonchev–Trinajstić information content (AvgIpc) is 3.52. The highest BCUT2D eigenvalue weighted by molar-refractivity contribution is 8.15. The number of nitrogens with zero attached hydrogens (tertiary/aromatic N) is 5. The van der Waals surface area contributed by atoms with Crippen LogP contribution in [0.2, 0.25) is 5.02 Å². The number of nitrogens with one attached hydrogen (secondary N) is 1. The lowest BCUT2D eigenvalue weighted by atomic mass is 10.1. The normalized spacial score (nSPS) is 14.7. The van der Waals surface area contributed by atoms with Crippen molar-refractivity contribution >= 4 is 40.1 Å². The molecule has 1 aliphatic rings. The minimum Gasteiger partial charge on any atom is -0.406 e. The lowest BCUT2D eigenvalue weighted by Gasteiger charge is -2.21. The van der Waals surface area contributed by atoms with E-state index in [1.807, 2.05) is 50.2 Å². The molecule has 0 spiro atoms. The molecule has 1 aromatic heterocycles. The van der Waals surface area contributed by atoms with Crippen LogP contribution in [-0.2, 0) is 11.3 Å². The minimum atomic E-state index is -4.75. The Morgan fingerprint density at radius 1 is 1.07 bits per heavy atom. The first kappa shape index (κ1) is 27.5. The smallest absolute Gasteiger partial charge is 0.406 e. The maximum atomic E-state index is 12.6. The zero-order valence-electron chi connectivity index (χ0n) is 21.2. The second-order valence-corrected chi connectivity index (χ2v) is 10.3. The molecule has 0 aliphatic carbocycles. The Kier molecular flexibility index (Phi) is 7.72.